The summed E-state index contributed by atoms with van der Waals surface area (Å²) < 4.78 is 45.7. The Hall–Kier alpha value is -0.790. The van der Waals surface area contributed by atoms with Gasteiger partial charge in [-0.3, -0.25) is 4.99 Å². The number of hydrogen-bond donors (Lipinski definition) is 2. The molecule has 0 bridgehead atoms. The van der Waals surface area contributed by atoms with Gasteiger partial charge >= 0.3 is 0 Å². The number of rotatable bonds is 9. The first-order valence-corrected chi connectivity index (χ1v) is 12.1. The van der Waals surface area contributed by atoms with Crippen molar-refractivity contribution in [1.82, 2.24) is 14.9 Å². The Bertz CT molecular complexity index is 746. The predicted molar refractivity (Wildman–Crippen MR) is 129 cm³/mol. The molecule has 0 aliphatic carbocycles. The maximum absolute atomic E-state index is 13.7. The van der Waals surface area contributed by atoms with E-state index in [4.69, 9.17) is 4.74 Å². The van der Waals surface area contributed by atoms with Gasteiger partial charge < -0.3 is 15.4 Å². The molecule has 1 aromatic rings. The maximum atomic E-state index is 13.7. The molecule has 1 unspecified atom stereocenters. The average Bonchev–Trinajstić information content (AvgIpc) is 2.71. The second-order valence-electron chi connectivity index (χ2n) is 6.29. The predicted octanol–water partition coefficient (Wildman–Crippen LogP) is 2.14. The second kappa shape index (κ2) is 13.5. The molecule has 7 nitrogen and oxygen atoms in total. The van der Waals surface area contributed by atoms with E-state index in [1.165, 1.54) is 6.07 Å². The zero-order valence-electron chi connectivity index (χ0n) is 16.8. The van der Waals surface area contributed by atoms with E-state index in [1.807, 2.05) is 6.92 Å². The summed E-state index contributed by atoms with van der Waals surface area (Å²) in [6.07, 6.45) is 0.435. The van der Waals surface area contributed by atoms with E-state index in [1.54, 1.807) is 41.3 Å². The van der Waals surface area contributed by atoms with Crippen molar-refractivity contribution in [2.24, 2.45) is 4.99 Å². The molecule has 0 spiro atoms. The van der Waals surface area contributed by atoms with Gasteiger partial charge in [0.25, 0.3) is 0 Å². The molecule has 1 aromatic carbocycles. The summed E-state index contributed by atoms with van der Waals surface area (Å²) in [5, 5.41) is 6.12. The van der Waals surface area contributed by atoms with Gasteiger partial charge in [0, 0.05) is 38.2 Å². The Morgan fingerprint density at radius 3 is 2.62 bits per heavy atom. The van der Waals surface area contributed by atoms with Crippen LogP contribution < -0.4 is 15.4 Å². The number of para-hydroxylation sites is 1. The summed E-state index contributed by atoms with van der Waals surface area (Å²) in [6, 6.07) is 6.29. The fourth-order valence-electron chi connectivity index (χ4n) is 2.67. The molecule has 1 atom stereocenters. The molecule has 2 rings (SSSR count). The standard InChI is InChI=1S/C18H29FN4O3S2.HI/c1-3-15(26-17-7-5-4-6-16(17)19)14-22-18(20-2)21-8-13-28(24,25)23-9-11-27-12-10-23;/h4-7,15H,3,8-14H2,1-2H3,(H2,20,21,22);1H. The third-order valence-electron chi connectivity index (χ3n) is 4.32. The number of benzene rings is 1. The van der Waals surface area contributed by atoms with E-state index in [0.29, 0.717) is 32.0 Å². The molecule has 0 saturated carbocycles. The van der Waals surface area contributed by atoms with Gasteiger partial charge in [-0.1, -0.05) is 19.1 Å². The van der Waals surface area contributed by atoms with Gasteiger partial charge in [-0.15, -0.1) is 24.0 Å². The minimum absolute atomic E-state index is 0. The third-order valence-corrected chi connectivity index (χ3v) is 7.14. The van der Waals surface area contributed by atoms with Crippen LogP contribution in [0.4, 0.5) is 4.39 Å². The number of nitrogens with zero attached hydrogens (tertiary/aromatic N) is 2. The Morgan fingerprint density at radius 2 is 2.00 bits per heavy atom. The SMILES string of the molecule is CCC(CNC(=NC)NCCS(=O)(=O)N1CCSCC1)Oc1ccccc1F.I. The lowest BCUT2D eigenvalue weighted by Crippen LogP contribution is -2.46. The van der Waals surface area contributed by atoms with Crippen LogP contribution in [0.5, 0.6) is 5.75 Å². The topological polar surface area (TPSA) is 83.0 Å². The summed E-state index contributed by atoms with van der Waals surface area (Å²) in [6.45, 7) is 3.78. The minimum atomic E-state index is -3.26. The molecule has 1 heterocycles. The van der Waals surface area contributed by atoms with Gasteiger partial charge in [0.2, 0.25) is 10.0 Å². The van der Waals surface area contributed by atoms with Gasteiger partial charge in [-0.25, -0.2) is 17.1 Å². The lowest BCUT2D eigenvalue weighted by atomic mass is 10.2. The number of guanidine groups is 1. The van der Waals surface area contributed by atoms with Gasteiger partial charge in [0.15, 0.2) is 17.5 Å². The van der Waals surface area contributed by atoms with Crippen LogP contribution in [0.3, 0.4) is 0 Å². The van der Waals surface area contributed by atoms with Crippen molar-refractivity contribution < 1.29 is 17.5 Å². The van der Waals surface area contributed by atoms with Gasteiger partial charge in [0.1, 0.15) is 6.10 Å². The van der Waals surface area contributed by atoms with E-state index in [9.17, 15) is 12.8 Å². The Morgan fingerprint density at radius 1 is 1.31 bits per heavy atom. The molecule has 11 heteroatoms. The molecule has 166 valence electrons. The van der Waals surface area contributed by atoms with Crippen LogP contribution in [0, 0.1) is 5.82 Å². The molecule has 1 aliphatic heterocycles. The van der Waals surface area contributed by atoms with Crippen molar-refractivity contribution in [2.75, 3.05) is 50.5 Å². The third kappa shape index (κ3) is 8.85. The van der Waals surface area contributed by atoms with E-state index in [0.717, 1.165) is 11.5 Å². The van der Waals surface area contributed by atoms with Crippen molar-refractivity contribution in [1.29, 1.82) is 0 Å². The molecular formula is C18H30FIN4O3S2. The molecular weight excluding hydrogens is 530 g/mol. The number of ether oxygens (including phenoxy) is 1. The molecule has 1 aliphatic rings. The first-order chi connectivity index (χ1) is 13.5. The van der Waals surface area contributed by atoms with Crippen molar-refractivity contribution in [3.05, 3.63) is 30.1 Å². The van der Waals surface area contributed by atoms with Crippen LogP contribution in [0.15, 0.2) is 29.3 Å². The first-order valence-electron chi connectivity index (χ1n) is 9.37. The minimum Gasteiger partial charge on any atom is -0.486 e. The molecule has 0 amide bonds. The second-order valence-corrected chi connectivity index (χ2v) is 9.60. The quantitative estimate of drug-likeness (QED) is 0.274. The highest BCUT2D eigenvalue weighted by Crippen LogP contribution is 2.17. The molecule has 2 N–H and O–H groups in total. The Kier molecular flexibility index (Phi) is 12.2. The molecule has 29 heavy (non-hydrogen) atoms. The van der Waals surface area contributed by atoms with Crippen LogP contribution in [0.1, 0.15) is 13.3 Å². The maximum Gasteiger partial charge on any atom is 0.215 e. The zero-order chi connectivity index (χ0) is 20.4. The average molecular weight is 560 g/mol. The smallest absolute Gasteiger partial charge is 0.215 e. The monoisotopic (exact) mass is 560 g/mol. The normalized spacial score (nSPS) is 16.6. The molecule has 0 radical (unpaired) electrons. The lowest BCUT2D eigenvalue weighted by Gasteiger charge is -2.25. The van der Waals surface area contributed by atoms with Crippen molar-refractivity contribution in [3.8, 4) is 5.75 Å². The summed E-state index contributed by atoms with van der Waals surface area (Å²) in [5.74, 6) is 2.00. The van der Waals surface area contributed by atoms with Crippen molar-refractivity contribution in [2.45, 2.75) is 19.4 Å². The van der Waals surface area contributed by atoms with Crippen LogP contribution in [-0.2, 0) is 10.0 Å². The Balaban J connectivity index is 0.00000420. The van der Waals surface area contributed by atoms with Gasteiger partial charge in [0.05, 0.1) is 12.3 Å². The molecule has 1 fully saturated rings. The van der Waals surface area contributed by atoms with E-state index >= 15 is 0 Å². The number of halogens is 2. The van der Waals surface area contributed by atoms with E-state index in [2.05, 4.69) is 15.6 Å². The highest BCUT2D eigenvalue weighted by molar-refractivity contribution is 14.0. The van der Waals surface area contributed by atoms with Gasteiger partial charge in [-0.05, 0) is 18.6 Å². The van der Waals surface area contributed by atoms with Crippen LogP contribution in [-0.4, -0.2) is 75.3 Å². The lowest BCUT2D eigenvalue weighted by molar-refractivity contribution is 0.191. The van der Waals surface area contributed by atoms with Crippen molar-refractivity contribution in [3.63, 3.8) is 0 Å². The fraction of sp³-hybridized carbons (Fsp3) is 0.611. The first kappa shape index (κ1) is 26.2. The molecule has 1 saturated heterocycles. The number of sulfonamides is 1. The fourth-order valence-corrected chi connectivity index (χ4v) is 5.16. The number of nitrogens with one attached hydrogen (secondary N) is 2. The molecule has 0 aromatic heterocycles. The summed E-state index contributed by atoms with van der Waals surface area (Å²) in [7, 11) is -1.64. The summed E-state index contributed by atoms with van der Waals surface area (Å²) in [4.78, 5) is 4.10. The highest BCUT2D eigenvalue weighted by Gasteiger charge is 2.23. The van der Waals surface area contributed by atoms with E-state index in [-0.39, 0.29) is 48.1 Å². The number of thioether (sulfide) groups is 1. The van der Waals surface area contributed by atoms with Gasteiger partial charge in [-0.2, -0.15) is 11.8 Å². The largest absolute Gasteiger partial charge is 0.486 e. The summed E-state index contributed by atoms with van der Waals surface area (Å²) in [5.41, 5.74) is 0. The summed E-state index contributed by atoms with van der Waals surface area (Å²) >= 11 is 1.77. The zero-order valence-corrected chi connectivity index (χ0v) is 20.7. The van der Waals surface area contributed by atoms with E-state index < -0.39 is 15.8 Å². The number of aliphatic imine (C=N–C) groups is 1. The van der Waals surface area contributed by atoms with Crippen LogP contribution in [0.2, 0.25) is 0 Å². The van der Waals surface area contributed by atoms with Crippen LogP contribution >= 0.6 is 35.7 Å². The van der Waals surface area contributed by atoms with Crippen LogP contribution in [0.25, 0.3) is 0 Å². The highest BCUT2D eigenvalue weighted by atomic mass is 127. The Labute approximate surface area is 194 Å². The number of hydrogen-bond acceptors (Lipinski definition) is 5. The van der Waals surface area contributed by atoms with Crippen molar-refractivity contribution >= 4 is 51.7 Å².